The molecule has 1 aliphatic rings. The molecule has 0 bridgehead atoms. The van der Waals surface area contributed by atoms with Gasteiger partial charge in [0, 0.05) is 12.8 Å². The number of hydrogen-bond acceptors (Lipinski definition) is 2. The number of rotatable bonds is 7. The molecular formula is C24H28NO2+. The van der Waals surface area contributed by atoms with Crippen LogP contribution in [0.3, 0.4) is 0 Å². The van der Waals surface area contributed by atoms with Gasteiger partial charge in [0.2, 0.25) is 0 Å². The van der Waals surface area contributed by atoms with Gasteiger partial charge in [-0.15, -0.1) is 0 Å². The van der Waals surface area contributed by atoms with Gasteiger partial charge >= 0.3 is 0 Å². The van der Waals surface area contributed by atoms with Crippen molar-refractivity contribution in [2.45, 2.75) is 19.8 Å². The van der Waals surface area contributed by atoms with Crippen LogP contribution in [-0.4, -0.2) is 29.2 Å². The molecule has 0 saturated carbocycles. The van der Waals surface area contributed by atoms with Gasteiger partial charge in [0.1, 0.15) is 18.0 Å². The maximum atomic E-state index is 10.4. The van der Waals surface area contributed by atoms with Crippen molar-refractivity contribution in [1.29, 1.82) is 0 Å². The number of para-hydroxylation sites is 1. The first-order valence-electron chi connectivity index (χ1n) is 9.60. The van der Waals surface area contributed by atoms with Crippen LogP contribution < -0.4 is 4.74 Å². The van der Waals surface area contributed by atoms with E-state index >= 15 is 0 Å². The summed E-state index contributed by atoms with van der Waals surface area (Å²) in [4.78, 5) is 0. The van der Waals surface area contributed by atoms with Crippen molar-refractivity contribution in [3.05, 3.63) is 96.1 Å². The second-order valence-corrected chi connectivity index (χ2v) is 6.91. The lowest BCUT2D eigenvalue weighted by atomic mass is 10.2. The molecule has 1 heterocycles. The third kappa shape index (κ3) is 5.11. The number of aliphatic hydroxyl groups is 1. The van der Waals surface area contributed by atoms with Gasteiger partial charge in [-0.05, 0) is 36.8 Å². The summed E-state index contributed by atoms with van der Waals surface area (Å²) in [5, 5.41) is 10.4. The quantitative estimate of drug-likeness (QED) is 0.389. The predicted octanol–water partition coefficient (Wildman–Crippen LogP) is 5.69. The van der Waals surface area contributed by atoms with E-state index < -0.39 is 0 Å². The summed E-state index contributed by atoms with van der Waals surface area (Å²) in [6, 6.07) is 19.7. The van der Waals surface area contributed by atoms with Crippen LogP contribution >= 0.6 is 0 Å². The molecule has 2 aromatic rings. The molecule has 1 N–H and O–H groups in total. The molecular weight excluding hydrogens is 334 g/mol. The maximum Gasteiger partial charge on any atom is 0.288 e. The standard InChI is InChI=1S/C24H27NO2/c1-2-22(20-24(26)27-23-15-7-4-8-16-23)25(17-9-10-18-25)19-11-14-21-12-5-3-6-13-21/h2-8,11-16,20H,9-10,17-19H2,1H3/p+1/b14-11+,22-2+,24-20+. The van der Waals surface area contributed by atoms with Crippen molar-refractivity contribution < 1.29 is 14.3 Å². The average Bonchev–Trinajstić information content (AvgIpc) is 3.17. The minimum Gasteiger partial charge on any atom is -0.481 e. The number of likely N-dealkylation sites (tertiary alicyclic amines) is 1. The fourth-order valence-corrected chi connectivity index (χ4v) is 3.70. The predicted molar refractivity (Wildman–Crippen MR) is 111 cm³/mol. The lowest BCUT2D eigenvalue weighted by Gasteiger charge is -2.33. The van der Waals surface area contributed by atoms with E-state index in [2.05, 4.69) is 42.5 Å². The topological polar surface area (TPSA) is 29.5 Å². The lowest BCUT2D eigenvalue weighted by molar-refractivity contribution is -0.871. The average molecular weight is 362 g/mol. The Morgan fingerprint density at radius 2 is 1.63 bits per heavy atom. The second kappa shape index (κ2) is 9.24. The molecule has 3 rings (SSSR count). The number of ether oxygens (including phenoxy) is 1. The molecule has 140 valence electrons. The molecule has 3 nitrogen and oxygen atoms in total. The number of quaternary nitrogens is 1. The highest BCUT2D eigenvalue weighted by molar-refractivity contribution is 5.48. The van der Waals surface area contributed by atoms with Crippen molar-refractivity contribution in [2.75, 3.05) is 19.6 Å². The van der Waals surface area contributed by atoms with Crippen molar-refractivity contribution in [1.82, 2.24) is 0 Å². The Kier molecular flexibility index (Phi) is 6.50. The Morgan fingerprint density at radius 1 is 1.00 bits per heavy atom. The Morgan fingerprint density at radius 3 is 2.26 bits per heavy atom. The van der Waals surface area contributed by atoms with Gasteiger partial charge < -0.3 is 9.84 Å². The van der Waals surface area contributed by atoms with Crippen molar-refractivity contribution in [2.24, 2.45) is 0 Å². The zero-order valence-corrected chi connectivity index (χ0v) is 15.9. The van der Waals surface area contributed by atoms with E-state index in [9.17, 15) is 5.11 Å². The maximum absolute atomic E-state index is 10.4. The van der Waals surface area contributed by atoms with Crippen LogP contribution in [0.15, 0.2) is 90.5 Å². The molecule has 1 fully saturated rings. The van der Waals surface area contributed by atoms with E-state index in [1.165, 1.54) is 18.4 Å². The SMILES string of the molecule is C/C=C(\C=C(/O)Oc1ccccc1)[N+]1(C/C=C/c2ccccc2)CCCC1. The zero-order chi connectivity index (χ0) is 19.0. The molecule has 0 aromatic heterocycles. The van der Waals surface area contributed by atoms with Gasteiger partial charge in [0.25, 0.3) is 5.95 Å². The van der Waals surface area contributed by atoms with E-state index in [0.717, 1.165) is 29.8 Å². The summed E-state index contributed by atoms with van der Waals surface area (Å²) in [6.07, 6.45) is 10.7. The lowest BCUT2D eigenvalue weighted by Crippen LogP contribution is -2.43. The van der Waals surface area contributed by atoms with Gasteiger partial charge in [0.05, 0.1) is 19.2 Å². The smallest absolute Gasteiger partial charge is 0.288 e. The third-order valence-corrected chi connectivity index (χ3v) is 5.07. The van der Waals surface area contributed by atoms with E-state index in [4.69, 9.17) is 4.74 Å². The van der Waals surface area contributed by atoms with Gasteiger partial charge in [-0.25, -0.2) is 0 Å². The van der Waals surface area contributed by atoms with Gasteiger partial charge in [-0.3, -0.25) is 4.48 Å². The van der Waals surface area contributed by atoms with E-state index in [-0.39, 0.29) is 5.95 Å². The van der Waals surface area contributed by atoms with E-state index in [1.54, 1.807) is 6.08 Å². The van der Waals surface area contributed by atoms with E-state index in [1.807, 2.05) is 43.3 Å². The van der Waals surface area contributed by atoms with Crippen molar-refractivity contribution in [3.63, 3.8) is 0 Å². The first-order valence-corrected chi connectivity index (χ1v) is 9.60. The fraction of sp³-hybridized carbons (Fsp3) is 0.250. The summed E-state index contributed by atoms with van der Waals surface area (Å²) in [7, 11) is 0. The molecule has 27 heavy (non-hydrogen) atoms. The Balaban J connectivity index is 1.75. The van der Waals surface area contributed by atoms with Gasteiger partial charge in [0.15, 0.2) is 0 Å². The number of aliphatic hydroxyl groups excluding tert-OH is 1. The van der Waals surface area contributed by atoms with E-state index in [0.29, 0.717) is 5.75 Å². The van der Waals surface area contributed by atoms with Crippen molar-refractivity contribution in [3.8, 4) is 5.75 Å². The number of hydrogen-bond donors (Lipinski definition) is 1. The Labute approximate surface area is 162 Å². The monoisotopic (exact) mass is 362 g/mol. The molecule has 0 unspecified atom stereocenters. The zero-order valence-electron chi connectivity index (χ0n) is 15.9. The van der Waals surface area contributed by atoms with Crippen LogP contribution in [-0.2, 0) is 0 Å². The highest BCUT2D eigenvalue weighted by Gasteiger charge is 2.34. The number of benzene rings is 2. The summed E-state index contributed by atoms with van der Waals surface area (Å²) in [5.74, 6) is 0.574. The minimum absolute atomic E-state index is 0.0641. The summed E-state index contributed by atoms with van der Waals surface area (Å²) < 4.78 is 6.42. The molecule has 1 saturated heterocycles. The first kappa shape index (κ1) is 19.0. The summed E-state index contributed by atoms with van der Waals surface area (Å²) >= 11 is 0. The highest BCUT2D eigenvalue weighted by atomic mass is 16.6. The highest BCUT2D eigenvalue weighted by Crippen LogP contribution is 2.28. The van der Waals surface area contributed by atoms with Gasteiger partial charge in [-0.1, -0.05) is 54.6 Å². The molecule has 1 aliphatic heterocycles. The van der Waals surface area contributed by atoms with Crippen LogP contribution in [0.25, 0.3) is 6.08 Å². The van der Waals surface area contributed by atoms with Crippen LogP contribution in [0.2, 0.25) is 0 Å². The van der Waals surface area contributed by atoms with Crippen LogP contribution in [0.5, 0.6) is 5.75 Å². The van der Waals surface area contributed by atoms with Crippen LogP contribution in [0.1, 0.15) is 25.3 Å². The molecule has 2 aromatic carbocycles. The molecule has 0 amide bonds. The van der Waals surface area contributed by atoms with Gasteiger partial charge in [-0.2, -0.15) is 0 Å². The Bertz CT molecular complexity index is 801. The molecule has 0 spiro atoms. The molecule has 0 radical (unpaired) electrons. The minimum atomic E-state index is -0.0641. The normalized spacial score (nSPS) is 17.4. The Hall–Kier alpha value is -2.78. The summed E-state index contributed by atoms with van der Waals surface area (Å²) in [6.45, 7) is 5.09. The fourth-order valence-electron chi connectivity index (χ4n) is 3.70. The summed E-state index contributed by atoms with van der Waals surface area (Å²) in [5.41, 5.74) is 2.31. The molecule has 0 atom stereocenters. The molecule has 0 aliphatic carbocycles. The third-order valence-electron chi connectivity index (χ3n) is 5.07. The second-order valence-electron chi connectivity index (χ2n) is 6.91. The van der Waals surface area contributed by atoms with Crippen molar-refractivity contribution >= 4 is 6.08 Å². The number of allylic oxidation sites excluding steroid dienone is 2. The largest absolute Gasteiger partial charge is 0.481 e. The first-order chi connectivity index (χ1) is 13.2. The number of nitrogens with zero attached hydrogens (tertiary/aromatic N) is 1. The molecule has 3 heteroatoms. The van der Waals surface area contributed by atoms with Crippen LogP contribution in [0.4, 0.5) is 0 Å². The van der Waals surface area contributed by atoms with Crippen LogP contribution in [0, 0.1) is 0 Å².